The fourth-order valence-electron chi connectivity index (χ4n) is 9.35. The van der Waals surface area contributed by atoms with Crippen molar-refractivity contribution in [1.29, 1.82) is 0 Å². The second kappa shape index (κ2) is 50.7. The second-order valence-electron chi connectivity index (χ2n) is 20.4. The van der Waals surface area contributed by atoms with Crippen molar-refractivity contribution in [3.63, 3.8) is 0 Å². The van der Waals surface area contributed by atoms with Gasteiger partial charge in [-0.3, -0.25) is 9.59 Å². The number of methoxy groups -OCH3 is 1. The van der Waals surface area contributed by atoms with E-state index in [1.54, 1.807) is 7.11 Å². The molecule has 0 aliphatic rings. The maximum atomic E-state index is 13.0. The summed E-state index contributed by atoms with van der Waals surface area (Å²) < 4.78 is 24.1. The third kappa shape index (κ3) is 43.8. The Morgan fingerprint density at radius 1 is 0.369 bits per heavy atom. The molecule has 3 atom stereocenters. The van der Waals surface area contributed by atoms with Gasteiger partial charge in [-0.1, -0.05) is 233 Å². The first-order valence-corrected chi connectivity index (χ1v) is 29.0. The lowest BCUT2D eigenvalue weighted by Gasteiger charge is -2.25. The van der Waals surface area contributed by atoms with Crippen molar-refractivity contribution < 1.29 is 28.5 Å². The van der Waals surface area contributed by atoms with Crippen molar-refractivity contribution >= 4 is 11.9 Å². The van der Waals surface area contributed by atoms with E-state index in [-0.39, 0.29) is 36.2 Å². The minimum atomic E-state index is -0.123. The van der Waals surface area contributed by atoms with Gasteiger partial charge in [0.2, 0.25) is 0 Å². The van der Waals surface area contributed by atoms with Crippen LogP contribution in [0.4, 0.5) is 0 Å². The first kappa shape index (κ1) is 63.8. The van der Waals surface area contributed by atoms with Gasteiger partial charge >= 0.3 is 11.9 Å². The summed E-state index contributed by atoms with van der Waals surface area (Å²) >= 11 is 0. The zero-order valence-corrected chi connectivity index (χ0v) is 45.0. The SMILES string of the molecule is CCCCCCCCC(CCCCCC)C(=O)OCCCCCCCCCC(CCCCCCCCCOC(=O)C(CCCCCC)CCCCCCCC)OC(CCCN(C)C)OC. The number of carbonyl (C=O) groups excluding carboxylic acids is 2. The number of carbonyl (C=O) groups is 2. The molecule has 0 aromatic heterocycles. The molecule has 0 aliphatic heterocycles. The van der Waals surface area contributed by atoms with E-state index < -0.39 is 0 Å². The standard InChI is InChI=1S/C58H115NO6/c1-8-12-16-20-28-36-45-53(43-34-18-14-10-3)57(60)63-51-40-32-26-22-24-30-38-47-55(65-56(62-7)49-42-50-59(5)6)48-39-31-25-23-27-33-41-52-64-58(61)54(44-35-19-15-11-4)46-37-29-21-17-13-9-2/h53-56H,8-52H2,1-7H3. The Bertz CT molecular complexity index is 912. The summed E-state index contributed by atoms with van der Waals surface area (Å²) in [5, 5.41) is 0. The Balaban J connectivity index is 4.49. The van der Waals surface area contributed by atoms with Crippen LogP contribution in [0.25, 0.3) is 0 Å². The van der Waals surface area contributed by atoms with E-state index in [1.165, 1.54) is 167 Å². The largest absolute Gasteiger partial charge is 0.465 e. The van der Waals surface area contributed by atoms with Crippen LogP contribution in [0.2, 0.25) is 0 Å². The highest BCUT2D eigenvalue weighted by molar-refractivity contribution is 5.72. The van der Waals surface area contributed by atoms with Crippen LogP contribution in [-0.4, -0.2) is 70.2 Å². The average molecular weight is 923 g/mol. The van der Waals surface area contributed by atoms with E-state index in [2.05, 4.69) is 46.7 Å². The molecule has 0 amide bonds. The minimum absolute atomic E-state index is 0.0709. The van der Waals surface area contributed by atoms with Crippen molar-refractivity contribution in [1.82, 2.24) is 4.90 Å². The van der Waals surface area contributed by atoms with Gasteiger partial charge in [-0.15, -0.1) is 0 Å². The van der Waals surface area contributed by atoms with E-state index >= 15 is 0 Å². The fraction of sp³-hybridized carbons (Fsp3) is 0.966. The number of nitrogens with zero attached hydrogens (tertiary/aromatic N) is 1. The molecule has 0 saturated carbocycles. The monoisotopic (exact) mass is 922 g/mol. The van der Waals surface area contributed by atoms with Gasteiger partial charge in [0.15, 0.2) is 6.29 Å². The molecule has 0 rings (SSSR count). The number of unbranched alkanes of at least 4 members (excludes halogenated alkanes) is 28. The Kier molecular flexibility index (Phi) is 49.8. The van der Waals surface area contributed by atoms with Crippen LogP contribution in [-0.2, 0) is 28.5 Å². The average Bonchev–Trinajstić information content (AvgIpc) is 3.30. The molecule has 0 aromatic rings. The molecule has 0 radical (unpaired) electrons. The van der Waals surface area contributed by atoms with E-state index in [9.17, 15) is 9.59 Å². The zero-order valence-electron chi connectivity index (χ0n) is 45.0. The van der Waals surface area contributed by atoms with Gasteiger partial charge in [-0.2, -0.15) is 0 Å². The topological polar surface area (TPSA) is 74.3 Å². The van der Waals surface area contributed by atoms with Crippen LogP contribution in [0, 0.1) is 11.8 Å². The number of hydrogen-bond donors (Lipinski definition) is 0. The van der Waals surface area contributed by atoms with Crippen LogP contribution in [0.5, 0.6) is 0 Å². The molecule has 7 heteroatoms. The number of rotatable bonds is 53. The first-order chi connectivity index (χ1) is 31.8. The van der Waals surface area contributed by atoms with Gasteiger partial charge in [0.1, 0.15) is 0 Å². The van der Waals surface area contributed by atoms with E-state index in [1.807, 2.05) is 0 Å². The molecule has 3 unspecified atom stereocenters. The lowest BCUT2D eigenvalue weighted by molar-refractivity contribution is -0.163. The Labute approximate surface area is 406 Å². The Morgan fingerprint density at radius 3 is 0.985 bits per heavy atom. The Morgan fingerprint density at radius 2 is 0.662 bits per heavy atom. The Hall–Kier alpha value is -1.18. The smallest absolute Gasteiger partial charge is 0.308 e. The summed E-state index contributed by atoms with van der Waals surface area (Å²) in [6.45, 7) is 11.3. The number of hydrogen-bond acceptors (Lipinski definition) is 7. The summed E-state index contributed by atoms with van der Waals surface area (Å²) in [6.07, 6.45) is 50.1. The van der Waals surface area contributed by atoms with Crippen molar-refractivity contribution in [2.24, 2.45) is 11.8 Å². The molecule has 0 heterocycles. The molecule has 0 bridgehead atoms. The van der Waals surface area contributed by atoms with Gasteiger partial charge in [0, 0.05) is 7.11 Å². The summed E-state index contributed by atoms with van der Waals surface area (Å²) in [7, 11) is 6.05. The third-order valence-corrected chi connectivity index (χ3v) is 13.8. The highest BCUT2D eigenvalue weighted by Gasteiger charge is 2.21. The maximum absolute atomic E-state index is 13.0. The number of ether oxygens (including phenoxy) is 4. The van der Waals surface area contributed by atoms with Gasteiger partial charge < -0.3 is 23.8 Å². The summed E-state index contributed by atoms with van der Waals surface area (Å²) in [6, 6.07) is 0. The molecule has 0 saturated heterocycles. The van der Waals surface area contributed by atoms with Gasteiger partial charge in [-0.05, 0) is 84.8 Å². The molecule has 65 heavy (non-hydrogen) atoms. The van der Waals surface area contributed by atoms with E-state index in [0.29, 0.717) is 13.2 Å². The quantitative estimate of drug-likeness (QED) is 0.0342. The molecule has 0 fully saturated rings. The summed E-state index contributed by atoms with van der Waals surface area (Å²) in [5.74, 6) is 0.348. The number of esters is 2. The molecule has 0 spiro atoms. The van der Waals surface area contributed by atoms with E-state index in [0.717, 1.165) is 109 Å². The maximum Gasteiger partial charge on any atom is 0.308 e. The zero-order chi connectivity index (χ0) is 47.7. The molecule has 0 aromatic carbocycles. The van der Waals surface area contributed by atoms with Gasteiger partial charge in [0.25, 0.3) is 0 Å². The fourth-order valence-corrected chi connectivity index (χ4v) is 9.35. The molecule has 0 aliphatic carbocycles. The van der Waals surface area contributed by atoms with Gasteiger partial charge in [-0.25, -0.2) is 0 Å². The summed E-state index contributed by atoms with van der Waals surface area (Å²) in [5.41, 5.74) is 0. The second-order valence-corrected chi connectivity index (χ2v) is 20.4. The molecular weight excluding hydrogens is 807 g/mol. The lowest BCUT2D eigenvalue weighted by Crippen LogP contribution is -2.25. The van der Waals surface area contributed by atoms with Crippen molar-refractivity contribution in [2.75, 3.05) is 41.0 Å². The molecular formula is C58H115NO6. The predicted molar refractivity (Wildman–Crippen MR) is 280 cm³/mol. The van der Waals surface area contributed by atoms with Crippen LogP contribution in [0.15, 0.2) is 0 Å². The third-order valence-electron chi connectivity index (χ3n) is 13.8. The summed E-state index contributed by atoms with van der Waals surface area (Å²) in [4.78, 5) is 28.3. The predicted octanol–water partition coefficient (Wildman–Crippen LogP) is 17.7. The highest BCUT2D eigenvalue weighted by Crippen LogP contribution is 2.24. The lowest BCUT2D eigenvalue weighted by atomic mass is 9.94. The first-order valence-electron chi connectivity index (χ1n) is 29.0. The van der Waals surface area contributed by atoms with Crippen LogP contribution >= 0.6 is 0 Å². The van der Waals surface area contributed by atoms with Crippen LogP contribution in [0.3, 0.4) is 0 Å². The van der Waals surface area contributed by atoms with Crippen molar-refractivity contribution in [3.8, 4) is 0 Å². The van der Waals surface area contributed by atoms with Crippen LogP contribution in [0.1, 0.15) is 297 Å². The van der Waals surface area contributed by atoms with Crippen molar-refractivity contribution in [2.45, 2.75) is 310 Å². The minimum Gasteiger partial charge on any atom is -0.465 e. The van der Waals surface area contributed by atoms with Crippen molar-refractivity contribution in [3.05, 3.63) is 0 Å². The van der Waals surface area contributed by atoms with Gasteiger partial charge in [0.05, 0.1) is 31.2 Å². The molecule has 7 nitrogen and oxygen atoms in total. The van der Waals surface area contributed by atoms with E-state index in [4.69, 9.17) is 18.9 Å². The van der Waals surface area contributed by atoms with Crippen LogP contribution < -0.4 is 0 Å². The molecule has 388 valence electrons. The highest BCUT2D eigenvalue weighted by atomic mass is 16.7. The molecule has 0 N–H and O–H groups in total. The normalized spacial score (nSPS) is 13.6.